The highest BCUT2D eigenvalue weighted by Gasteiger charge is 2.10. The predicted octanol–water partition coefficient (Wildman–Crippen LogP) is 4.41. The minimum Gasteiger partial charge on any atom is -0.372 e. The van der Waals surface area contributed by atoms with Gasteiger partial charge in [0.2, 0.25) is 0 Å². The number of anilines is 2. The van der Waals surface area contributed by atoms with Crippen molar-refractivity contribution in [3.8, 4) is 0 Å². The van der Waals surface area contributed by atoms with Crippen molar-refractivity contribution in [2.45, 2.75) is 13.8 Å². The Morgan fingerprint density at radius 2 is 1.79 bits per heavy atom. The van der Waals surface area contributed by atoms with Crippen molar-refractivity contribution in [1.82, 2.24) is 4.98 Å². The second-order valence-electron chi connectivity index (χ2n) is 5.59. The van der Waals surface area contributed by atoms with Gasteiger partial charge in [0, 0.05) is 35.4 Å². The van der Waals surface area contributed by atoms with Crippen LogP contribution in [0.15, 0.2) is 48.5 Å². The zero-order valence-electron chi connectivity index (χ0n) is 13.8. The maximum Gasteiger partial charge on any atom is 0.272 e. The van der Waals surface area contributed by atoms with E-state index < -0.39 is 0 Å². The first kappa shape index (κ1) is 16.1. The number of aromatic nitrogens is 1. The Morgan fingerprint density at radius 3 is 2.46 bits per heavy atom. The van der Waals surface area contributed by atoms with Gasteiger partial charge in [-0.3, -0.25) is 4.79 Å². The molecule has 5 heteroatoms. The van der Waals surface area contributed by atoms with Crippen molar-refractivity contribution >= 4 is 28.2 Å². The number of carbonyl (C=O) groups is 1. The normalized spacial score (nSPS) is 10.8. The third-order valence-electron chi connectivity index (χ3n) is 4.08. The highest BCUT2D eigenvalue weighted by Crippen LogP contribution is 2.20. The first-order chi connectivity index (χ1) is 11.6. The Bertz CT molecular complexity index is 851. The molecule has 0 fully saturated rings. The molecule has 0 spiro atoms. The Kier molecular flexibility index (Phi) is 4.51. The molecule has 0 aliphatic rings. The van der Waals surface area contributed by atoms with Crippen LogP contribution in [0, 0.1) is 5.82 Å². The van der Waals surface area contributed by atoms with Gasteiger partial charge in [-0.1, -0.05) is 0 Å². The van der Waals surface area contributed by atoms with Crippen LogP contribution in [0.4, 0.5) is 15.8 Å². The average molecular weight is 325 g/mol. The molecule has 0 bridgehead atoms. The molecule has 0 aliphatic heterocycles. The summed E-state index contributed by atoms with van der Waals surface area (Å²) in [5.74, 6) is -0.567. The lowest BCUT2D eigenvalue weighted by Gasteiger charge is -2.21. The van der Waals surface area contributed by atoms with Gasteiger partial charge in [0.15, 0.2) is 0 Å². The zero-order chi connectivity index (χ0) is 17.1. The Labute approximate surface area is 140 Å². The maximum atomic E-state index is 13.2. The average Bonchev–Trinajstić information content (AvgIpc) is 3.00. The molecule has 0 saturated heterocycles. The molecule has 0 atom stereocenters. The summed E-state index contributed by atoms with van der Waals surface area (Å²) in [5, 5.41) is 3.53. The van der Waals surface area contributed by atoms with Gasteiger partial charge in [0.05, 0.1) is 0 Å². The molecular weight excluding hydrogens is 305 g/mol. The number of amides is 1. The Morgan fingerprint density at radius 1 is 1.08 bits per heavy atom. The topological polar surface area (TPSA) is 48.1 Å². The van der Waals surface area contributed by atoms with Crippen molar-refractivity contribution in [2.75, 3.05) is 23.3 Å². The first-order valence-corrected chi connectivity index (χ1v) is 8.05. The zero-order valence-corrected chi connectivity index (χ0v) is 13.8. The SMILES string of the molecule is CCN(CC)c1ccc(NC(=O)c2cc3cc(F)ccc3[nH]2)cc1. The predicted molar refractivity (Wildman–Crippen MR) is 96.2 cm³/mol. The second kappa shape index (κ2) is 6.74. The van der Waals surface area contributed by atoms with Gasteiger partial charge in [-0.25, -0.2) is 4.39 Å². The van der Waals surface area contributed by atoms with E-state index in [4.69, 9.17) is 0 Å². The summed E-state index contributed by atoms with van der Waals surface area (Å²) in [5.41, 5.74) is 2.99. The van der Waals surface area contributed by atoms with Crippen molar-refractivity contribution in [2.24, 2.45) is 0 Å². The number of benzene rings is 2. The Balaban J connectivity index is 1.76. The molecule has 1 aromatic heterocycles. The number of hydrogen-bond donors (Lipinski definition) is 2. The molecule has 0 unspecified atom stereocenters. The number of fused-ring (bicyclic) bond motifs is 1. The maximum absolute atomic E-state index is 13.2. The van der Waals surface area contributed by atoms with Gasteiger partial charge >= 0.3 is 0 Å². The van der Waals surface area contributed by atoms with E-state index in [1.165, 1.54) is 12.1 Å². The van der Waals surface area contributed by atoms with Crippen molar-refractivity contribution in [3.63, 3.8) is 0 Å². The van der Waals surface area contributed by atoms with E-state index in [0.717, 1.165) is 30.0 Å². The molecule has 0 saturated carbocycles. The first-order valence-electron chi connectivity index (χ1n) is 8.05. The number of halogens is 1. The molecule has 3 aromatic rings. The van der Waals surface area contributed by atoms with Crippen LogP contribution in [-0.2, 0) is 0 Å². The van der Waals surface area contributed by atoms with Gasteiger partial charge in [-0.05, 0) is 62.4 Å². The van der Waals surface area contributed by atoms with E-state index in [2.05, 4.69) is 29.0 Å². The van der Waals surface area contributed by atoms with Crippen LogP contribution in [0.3, 0.4) is 0 Å². The fourth-order valence-corrected chi connectivity index (χ4v) is 2.77. The summed E-state index contributed by atoms with van der Waals surface area (Å²) in [6.45, 7) is 6.09. The van der Waals surface area contributed by atoms with Gasteiger partial charge in [-0.15, -0.1) is 0 Å². The van der Waals surface area contributed by atoms with Gasteiger partial charge < -0.3 is 15.2 Å². The fraction of sp³-hybridized carbons (Fsp3) is 0.211. The molecule has 1 heterocycles. The highest BCUT2D eigenvalue weighted by molar-refractivity contribution is 6.05. The minimum atomic E-state index is -0.319. The molecule has 4 nitrogen and oxygen atoms in total. The second-order valence-corrected chi connectivity index (χ2v) is 5.59. The van der Waals surface area contributed by atoms with Crippen LogP contribution in [0.25, 0.3) is 10.9 Å². The molecule has 1 amide bonds. The lowest BCUT2D eigenvalue weighted by Crippen LogP contribution is -2.21. The summed E-state index contributed by atoms with van der Waals surface area (Å²) in [6.07, 6.45) is 0. The van der Waals surface area contributed by atoms with Crippen LogP contribution >= 0.6 is 0 Å². The summed E-state index contributed by atoms with van der Waals surface area (Å²) >= 11 is 0. The van der Waals surface area contributed by atoms with E-state index in [1.54, 1.807) is 12.1 Å². The van der Waals surface area contributed by atoms with Crippen LogP contribution in [0.2, 0.25) is 0 Å². The number of carbonyl (C=O) groups excluding carboxylic acids is 1. The summed E-state index contributed by atoms with van der Waals surface area (Å²) in [7, 11) is 0. The molecule has 2 N–H and O–H groups in total. The largest absolute Gasteiger partial charge is 0.372 e. The Hall–Kier alpha value is -2.82. The fourth-order valence-electron chi connectivity index (χ4n) is 2.77. The van der Waals surface area contributed by atoms with E-state index in [1.807, 2.05) is 24.3 Å². The number of aromatic amines is 1. The quantitative estimate of drug-likeness (QED) is 0.730. The van der Waals surface area contributed by atoms with E-state index in [9.17, 15) is 9.18 Å². The number of nitrogens with one attached hydrogen (secondary N) is 2. The van der Waals surface area contributed by atoms with Gasteiger partial charge in [-0.2, -0.15) is 0 Å². The number of hydrogen-bond acceptors (Lipinski definition) is 2. The van der Waals surface area contributed by atoms with Crippen LogP contribution < -0.4 is 10.2 Å². The lowest BCUT2D eigenvalue weighted by atomic mass is 10.2. The number of H-pyrrole nitrogens is 1. The standard InChI is InChI=1S/C19H20FN3O/c1-3-23(4-2)16-8-6-15(7-9-16)21-19(24)18-12-13-11-14(20)5-10-17(13)22-18/h5-12,22H,3-4H2,1-2H3,(H,21,24). The lowest BCUT2D eigenvalue weighted by molar-refractivity contribution is 0.102. The molecular formula is C19H20FN3O. The molecule has 3 rings (SSSR count). The van der Waals surface area contributed by atoms with Crippen LogP contribution in [0.1, 0.15) is 24.3 Å². The molecule has 2 aromatic carbocycles. The number of rotatable bonds is 5. The summed E-state index contributed by atoms with van der Waals surface area (Å²) in [4.78, 5) is 17.6. The van der Waals surface area contributed by atoms with E-state index in [-0.39, 0.29) is 11.7 Å². The van der Waals surface area contributed by atoms with Crippen molar-refractivity contribution < 1.29 is 9.18 Å². The van der Waals surface area contributed by atoms with Crippen LogP contribution in [0.5, 0.6) is 0 Å². The van der Waals surface area contributed by atoms with E-state index in [0.29, 0.717) is 11.1 Å². The molecule has 0 aliphatic carbocycles. The summed E-state index contributed by atoms with van der Waals surface area (Å²) in [6, 6.07) is 13.8. The highest BCUT2D eigenvalue weighted by atomic mass is 19.1. The summed E-state index contributed by atoms with van der Waals surface area (Å²) < 4.78 is 13.2. The number of nitrogens with zero attached hydrogens (tertiary/aromatic N) is 1. The molecule has 0 radical (unpaired) electrons. The third-order valence-corrected chi connectivity index (χ3v) is 4.08. The van der Waals surface area contributed by atoms with Gasteiger partial charge in [0.25, 0.3) is 5.91 Å². The van der Waals surface area contributed by atoms with Crippen molar-refractivity contribution in [1.29, 1.82) is 0 Å². The van der Waals surface area contributed by atoms with Crippen LogP contribution in [-0.4, -0.2) is 24.0 Å². The van der Waals surface area contributed by atoms with Gasteiger partial charge in [0.1, 0.15) is 11.5 Å². The van der Waals surface area contributed by atoms with Crippen molar-refractivity contribution in [3.05, 3.63) is 60.0 Å². The van der Waals surface area contributed by atoms with E-state index >= 15 is 0 Å². The monoisotopic (exact) mass is 325 g/mol. The molecule has 24 heavy (non-hydrogen) atoms. The smallest absolute Gasteiger partial charge is 0.272 e. The minimum absolute atomic E-state index is 0.248. The molecule has 124 valence electrons. The third kappa shape index (κ3) is 3.25.